The van der Waals surface area contributed by atoms with Crippen LogP contribution in [0.3, 0.4) is 0 Å². The molecule has 0 bridgehead atoms. The van der Waals surface area contributed by atoms with Crippen LogP contribution in [0, 0.1) is 20.8 Å². The Morgan fingerprint density at radius 1 is 1.00 bits per heavy atom. The molecule has 2 N–H and O–H groups in total. The van der Waals surface area contributed by atoms with E-state index >= 15 is 0 Å². The maximum absolute atomic E-state index is 13.1. The lowest BCUT2D eigenvalue weighted by molar-refractivity contribution is -0.122. The first kappa shape index (κ1) is 25.7. The fourth-order valence-corrected chi connectivity index (χ4v) is 3.88. The van der Waals surface area contributed by atoms with E-state index in [0.717, 1.165) is 16.0 Å². The van der Waals surface area contributed by atoms with E-state index in [1.54, 1.807) is 49.4 Å². The number of benzene rings is 3. The van der Waals surface area contributed by atoms with Gasteiger partial charge in [0.25, 0.3) is 17.7 Å². The van der Waals surface area contributed by atoms with Crippen molar-refractivity contribution >= 4 is 52.8 Å². The zero-order chi connectivity index (χ0) is 26.7. The Hall–Kier alpha value is -4.43. The monoisotopic (exact) mass is 517 g/mol. The number of ether oxygens (including phenoxy) is 1. The molecule has 1 aliphatic rings. The van der Waals surface area contributed by atoms with E-state index in [2.05, 4.69) is 10.6 Å². The predicted octanol–water partition coefficient (Wildman–Crippen LogP) is 4.95. The maximum atomic E-state index is 13.1. The Balaban J connectivity index is 1.44. The second-order valence-corrected chi connectivity index (χ2v) is 8.95. The normalized spacial score (nSPS) is 14.5. The van der Waals surface area contributed by atoms with E-state index in [1.807, 2.05) is 32.0 Å². The summed E-state index contributed by atoms with van der Waals surface area (Å²) in [6.45, 7) is 5.45. The number of barbiturate groups is 1. The van der Waals surface area contributed by atoms with Crippen molar-refractivity contribution in [2.45, 2.75) is 20.8 Å². The molecule has 8 nitrogen and oxygen atoms in total. The average molecular weight is 518 g/mol. The highest BCUT2D eigenvalue weighted by molar-refractivity contribution is 6.39. The van der Waals surface area contributed by atoms with E-state index in [-0.39, 0.29) is 23.8 Å². The number of hydrogen-bond acceptors (Lipinski definition) is 5. The van der Waals surface area contributed by atoms with Gasteiger partial charge in [-0.1, -0.05) is 35.9 Å². The minimum Gasteiger partial charge on any atom is -0.484 e. The fourth-order valence-electron chi connectivity index (χ4n) is 3.71. The van der Waals surface area contributed by atoms with Gasteiger partial charge < -0.3 is 10.1 Å². The van der Waals surface area contributed by atoms with E-state index in [0.29, 0.717) is 27.6 Å². The number of nitrogens with one attached hydrogen (secondary N) is 2. The average Bonchev–Trinajstić information content (AvgIpc) is 2.86. The molecule has 3 aromatic carbocycles. The van der Waals surface area contributed by atoms with Gasteiger partial charge in [-0.2, -0.15) is 0 Å². The van der Waals surface area contributed by atoms with E-state index < -0.39 is 17.8 Å². The van der Waals surface area contributed by atoms with Crippen LogP contribution in [-0.2, 0) is 14.4 Å². The summed E-state index contributed by atoms with van der Waals surface area (Å²) in [6.07, 6.45) is 1.38. The highest BCUT2D eigenvalue weighted by Crippen LogP contribution is 2.29. The van der Waals surface area contributed by atoms with Crippen molar-refractivity contribution in [2.24, 2.45) is 0 Å². The van der Waals surface area contributed by atoms with Crippen LogP contribution in [0.1, 0.15) is 22.3 Å². The van der Waals surface area contributed by atoms with Gasteiger partial charge in [0.2, 0.25) is 0 Å². The first-order chi connectivity index (χ1) is 17.6. The number of halogens is 1. The van der Waals surface area contributed by atoms with Crippen LogP contribution in [0.5, 0.6) is 5.75 Å². The molecule has 1 fully saturated rings. The van der Waals surface area contributed by atoms with E-state index in [9.17, 15) is 19.2 Å². The van der Waals surface area contributed by atoms with Gasteiger partial charge in [0.1, 0.15) is 11.3 Å². The highest BCUT2D eigenvalue weighted by atomic mass is 35.5. The third-order valence-corrected chi connectivity index (χ3v) is 6.34. The van der Waals surface area contributed by atoms with Gasteiger partial charge >= 0.3 is 6.03 Å². The zero-order valence-electron chi connectivity index (χ0n) is 20.4. The Labute approximate surface area is 218 Å². The van der Waals surface area contributed by atoms with Crippen molar-refractivity contribution in [2.75, 3.05) is 16.8 Å². The van der Waals surface area contributed by atoms with Gasteiger partial charge in [-0.15, -0.1) is 0 Å². The van der Waals surface area contributed by atoms with Crippen molar-refractivity contribution in [3.63, 3.8) is 0 Å². The van der Waals surface area contributed by atoms with Gasteiger partial charge in [0, 0.05) is 10.7 Å². The minimum atomic E-state index is -0.847. The lowest BCUT2D eigenvalue weighted by atomic mass is 10.1. The molecule has 37 heavy (non-hydrogen) atoms. The summed E-state index contributed by atoms with van der Waals surface area (Å²) >= 11 is 6.15. The van der Waals surface area contributed by atoms with Gasteiger partial charge in [-0.05, 0) is 85.5 Å². The minimum absolute atomic E-state index is 0.190. The number of anilines is 2. The van der Waals surface area contributed by atoms with Crippen LogP contribution in [0.15, 0.2) is 66.2 Å². The van der Waals surface area contributed by atoms with Crippen LogP contribution in [-0.4, -0.2) is 30.4 Å². The molecule has 0 radical (unpaired) electrons. The molecule has 3 aromatic rings. The number of rotatable bonds is 6. The molecule has 1 saturated heterocycles. The van der Waals surface area contributed by atoms with Crippen molar-refractivity contribution in [3.8, 4) is 5.75 Å². The lowest BCUT2D eigenvalue weighted by Gasteiger charge is -2.27. The van der Waals surface area contributed by atoms with Crippen molar-refractivity contribution in [3.05, 3.63) is 93.5 Å². The Kier molecular flexibility index (Phi) is 7.40. The number of nitrogens with zero attached hydrogens (tertiary/aromatic N) is 1. The molecule has 5 amide bonds. The first-order valence-corrected chi connectivity index (χ1v) is 11.8. The molecule has 1 aliphatic heterocycles. The van der Waals surface area contributed by atoms with Gasteiger partial charge in [-0.25, -0.2) is 9.69 Å². The predicted molar refractivity (Wildman–Crippen MR) is 142 cm³/mol. The topological polar surface area (TPSA) is 105 Å². The standard InChI is InChI=1S/C28H24ClN3O5/c1-16-7-10-20(13-17(16)2)30-25(33)15-37-21-11-8-19(9-12-21)14-22-26(34)31-28(36)32(27(22)35)24-6-4-5-23(29)18(24)3/h4-14H,15H2,1-3H3,(H,30,33)(H,31,34,36)/b22-14-. The molecular weight excluding hydrogens is 494 g/mol. The van der Waals surface area contributed by atoms with Crippen LogP contribution in [0.25, 0.3) is 6.08 Å². The lowest BCUT2D eigenvalue weighted by Crippen LogP contribution is -2.54. The second-order valence-electron chi connectivity index (χ2n) is 8.55. The molecule has 0 unspecified atom stereocenters. The molecule has 0 saturated carbocycles. The number of carbonyl (C=O) groups excluding carboxylic acids is 4. The molecule has 0 atom stereocenters. The zero-order valence-corrected chi connectivity index (χ0v) is 21.2. The number of imide groups is 2. The highest BCUT2D eigenvalue weighted by Gasteiger charge is 2.37. The Bertz CT molecular complexity index is 1450. The molecule has 1 heterocycles. The van der Waals surface area contributed by atoms with Gasteiger partial charge in [-0.3, -0.25) is 19.7 Å². The maximum Gasteiger partial charge on any atom is 0.335 e. The molecule has 0 spiro atoms. The second kappa shape index (κ2) is 10.7. The smallest absolute Gasteiger partial charge is 0.335 e. The van der Waals surface area contributed by atoms with Crippen LogP contribution in [0.4, 0.5) is 16.2 Å². The summed E-state index contributed by atoms with van der Waals surface area (Å²) in [6, 6.07) is 16.1. The van der Waals surface area contributed by atoms with Crippen LogP contribution in [0.2, 0.25) is 5.02 Å². The van der Waals surface area contributed by atoms with Gasteiger partial charge in [0.15, 0.2) is 6.61 Å². The summed E-state index contributed by atoms with van der Waals surface area (Å²) in [7, 11) is 0. The van der Waals surface area contributed by atoms with Crippen molar-refractivity contribution in [1.82, 2.24) is 5.32 Å². The summed E-state index contributed by atoms with van der Waals surface area (Å²) in [5, 5.41) is 5.37. The van der Waals surface area contributed by atoms with E-state index in [4.69, 9.17) is 16.3 Å². The van der Waals surface area contributed by atoms with Gasteiger partial charge in [0.05, 0.1) is 5.69 Å². The Morgan fingerprint density at radius 2 is 1.73 bits per heavy atom. The summed E-state index contributed by atoms with van der Waals surface area (Å²) in [5.74, 6) is -1.43. The summed E-state index contributed by atoms with van der Waals surface area (Å²) in [4.78, 5) is 51.1. The number of hydrogen-bond donors (Lipinski definition) is 2. The molecular formula is C28H24ClN3O5. The van der Waals surface area contributed by atoms with Crippen LogP contribution >= 0.6 is 11.6 Å². The molecule has 0 aliphatic carbocycles. The van der Waals surface area contributed by atoms with E-state index in [1.165, 1.54) is 6.08 Å². The quantitative estimate of drug-likeness (QED) is 0.355. The number of urea groups is 1. The summed E-state index contributed by atoms with van der Waals surface area (Å²) in [5.41, 5.74) is 4.04. The molecule has 9 heteroatoms. The Morgan fingerprint density at radius 3 is 2.43 bits per heavy atom. The number of amides is 5. The largest absolute Gasteiger partial charge is 0.484 e. The third kappa shape index (κ3) is 5.70. The van der Waals surface area contributed by atoms with Crippen molar-refractivity contribution < 1.29 is 23.9 Å². The SMILES string of the molecule is Cc1ccc(NC(=O)COc2ccc(/C=C3/C(=O)NC(=O)N(c4cccc(Cl)c4C)C3=O)cc2)cc1C. The first-order valence-electron chi connectivity index (χ1n) is 11.4. The third-order valence-electron chi connectivity index (χ3n) is 5.93. The summed E-state index contributed by atoms with van der Waals surface area (Å²) < 4.78 is 5.55. The fraction of sp³-hybridized carbons (Fsp3) is 0.143. The molecule has 188 valence electrons. The molecule has 4 rings (SSSR count). The van der Waals surface area contributed by atoms with Crippen molar-refractivity contribution in [1.29, 1.82) is 0 Å². The number of carbonyl (C=O) groups is 4. The van der Waals surface area contributed by atoms with Crippen LogP contribution < -0.4 is 20.3 Å². The molecule has 0 aromatic heterocycles. The number of aryl methyl sites for hydroxylation is 2.